The molecule has 0 aliphatic rings. The molecule has 0 radical (unpaired) electrons. The highest BCUT2D eigenvalue weighted by atomic mass is 32.2. The monoisotopic (exact) mass is 255 g/mol. The van der Waals surface area contributed by atoms with Gasteiger partial charge in [-0.05, 0) is 12.1 Å². The van der Waals surface area contributed by atoms with E-state index in [-0.39, 0.29) is 16.5 Å². The van der Waals surface area contributed by atoms with E-state index in [1.54, 1.807) is 7.05 Å². The molecule has 2 rings (SSSR count). The lowest BCUT2D eigenvalue weighted by atomic mass is 10.3. The Hall–Kier alpha value is -1.76. The summed E-state index contributed by atoms with van der Waals surface area (Å²) in [5.74, 6) is -0.854. The summed E-state index contributed by atoms with van der Waals surface area (Å²) in [6, 6.07) is 5.27. The highest BCUT2D eigenvalue weighted by Crippen LogP contribution is 2.18. The molecule has 0 saturated heterocycles. The van der Waals surface area contributed by atoms with Crippen LogP contribution in [0.15, 0.2) is 35.5 Å². The maximum atomic E-state index is 13.4. The number of sulfone groups is 1. The Morgan fingerprint density at radius 3 is 2.65 bits per heavy atom. The van der Waals surface area contributed by atoms with Crippen molar-refractivity contribution in [2.45, 2.75) is 10.6 Å². The van der Waals surface area contributed by atoms with Crippen LogP contribution in [0.4, 0.5) is 4.39 Å². The normalized spacial score (nSPS) is 11.6. The van der Waals surface area contributed by atoms with Crippen molar-refractivity contribution < 1.29 is 12.8 Å². The van der Waals surface area contributed by atoms with Gasteiger partial charge in [-0.25, -0.2) is 12.8 Å². The third-order valence-corrected chi connectivity index (χ3v) is 3.94. The Kier molecular flexibility index (Phi) is 2.93. The molecule has 7 heteroatoms. The SMILES string of the molecule is Cn1cnnc1CS(=O)(=O)c1ccccc1F. The molecule has 5 nitrogen and oxygen atoms in total. The van der Waals surface area contributed by atoms with Crippen molar-refractivity contribution in [2.75, 3.05) is 0 Å². The minimum atomic E-state index is -3.73. The van der Waals surface area contributed by atoms with Crippen molar-refractivity contribution in [3.05, 3.63) is 42.2 Å². The second-order valence-corrected chi connectivity index (χ2v) is 5.51. The van der Waals surface area contributed by atoms with Gasteiger partial charge in [0.1, 0.15) is 28.6 Å². The van der Waals surface area contributed by atoms with Crippen LogP contribution in [-0.2, 0) is 22.6 Å². The molecule has 1 aromatic carbocycles. The lowest BCUT2D eigenvalue weighted by molar-refractivity contribution is 0.564. The third-order valence-electron chi connectivity index (χ3n) is 2.30. The summed E-state index contributed by atoms with van der Waals surface area (Å²) in [5.41, 5.74) is 0. The average molecular weight is 255 g/mol. The van der Waals surface area contributed by atoms with Gasteiger partial charge >= 0.3 is 0 Å². The van der Waals surface area contributed by atoms with Crippen LogP contribution in [0.25, 0.3) is 0 Å². The summed E-state index contributed by atoms with van der Waals surface area (Å²) >= 11 is 0. The van der Waals surface area contributed by atoms with E-state index in [4.69, 9.17) is 0 Å². The number of hydrogen-bond acceptors (Lipinski definition) is 4. The maximum Gasteiger partial charge on any atom is 0.188 e. The van der Waals surface area contributed by atoms with Crippen molar-refractivity contribution in [3.63, 3.8) is 0 Å². The Balaban J connectivity index is 2.39. The van der Waals surface area contributed by atoms with Gasteiger partial charge in [0.2, 0.25) is 0 Å². The highest BCUT2D eigenvalue weighted by Gasteiger charge is 2.21. The molecule has 2 aromatic rings. The fourth-order valence-electron chi connectivity index (χ4n) is 1.38. The lowest BCUT2D eigenvalue weighted by Gasteiger charge is -2.04. The number of aromatic nitrogens is 3. The molecule has 0 aliphatic carbocycles. The molecule has 0 aliphatic heterocycles. The van der Waals surface area contributed by atoms with Gasteiger partial charge in [-0.2, -0.15) is 0 Å². The first-order valence-electron chi connectivity index (χ1n) is 4.81. The molecule has 0 atom stereocenters. The summed E-state index contributed by atoms with van der Waals surface area (Å²) in [6.45, 7) is 0. The second-order valence-electron chi connectivity index (χ2n) is 3.55. The molecule has 0 saturated carbocycles. The maximum absolute atomic E-state index is 13.4. The van der Waals surface area contributed by atoms with E-state index in [0.29, 0.717) is 0 Å². The van der Waals surface area contributed by atoms with Crippen molar-refractivity contribution >= 4 is 9.84 Å². The minimum absolute atomic E-state index is 0.272. The molecule has 0 bridgehead atoms. The number of aryl methyl sites for hydroxylation is 1. The van der Waals surface area contributed by atoms with E-state index in [1.807, 2.05) is 0 Å². The predicted molar refractivity (Wildman–Crippen MR) is 58.3 cm³/mol. The molecule has 90 valence electrons. The van der Waals surface area contributed by atoms with Gasteiger partial charge in [0.25, 0.3) is 0 Å². The number of rotatable bonds is 3. The van der Waals surface area contributed by atoms with Gasteiger partial charge in [-0.15, -0.1) is 10.2 Å². The fraction of sp³-hybridized carbons (Fsp3) is 0.200. The number of hydrogen-bond donors (Lipinski definition) is 0. The second kappa shape index (κ2) is 4.25. The quantitative estimate of drug-likeness (QED) is 0.818. The summed E-state index contributed by atoms with van der Waals surface area (Å²) in [4.78, 5) is -0.317. The van der Waals surface area contributed by atoms with Crippen LogP contribution in [0.1, 0.15) is 5.82 Å². The number of benzene rings is 1. The summed E-state index contributed by atoms with van der Waals surface area (Å²) in [7, 11) is -2.10. The summed E-state index contributed by atoms with van der Waals surface area (Å²) in [5, 5.41) is 7.24. The van der Waals surface area contributed by atoms with Crippen LogP contribution in [0.2, 0.25) is 0 Å². The largest absolute Gasteiger partial charge is 0.320 e. The molecule has 17 heavy (non-hydrogen) atoms. The van der Waals surface area contributed by atoms with Crippen molar-refractivity contribution in [3.8, 4) is 0 Å². The zero-order valence-electron chi connectivity index (χ0n) is 9.04. The van der Waals surface area contributed by atoms with Gasteiger partial charge in [0.05, 0.1) is 0 Å². The molecule has 0 N–H and O–H groups in total. The molecule has 0 amide bonds. The Morgan fingerprint density at radius 2 is 2.06 bits per heavy atom. The first-order chi connectivity index (χ1) is 8.00. The standard InChI is InChI=1S/C10H10FN3O2S/c1-14-7-12-13-10(14)6-17(15,16)9-5-3-2-4-8(9)11/h2-5,7H,6H2,1H3. The molecule has 0 spiro atoms. The van der Waals surface area contributed by atoms with E-state index in [9.17, 15) is 12.8 Å². The van der Waals surface area contributed by atoms with Gasteiger partial charge in [-0.1, -0.05) is 12.1 Å². The zero-order valence-corrected chi connectivity index (χ0v) is 9.85. The molecule has 1 aromatic heterocycles. The van der Waals surface area contributed by atoms with Gasteiger partial charge in [-0.3, -0.25) is 0 Å². The number of halogens is 1. The fourth-order valence-corrected chi connectivity index (χ4v) is 2.79. The predicted octanol–water partition coefficient (Wildman–Crippen LogP) is 0.928. The van der Waals surface area contributed by atoms with Gasteiger partial charge in [0, 0.05) is 7.05 Å². The Bertz CT molecular complexity index is 637. The topological polar surface area (TPSA) is 64.8 Å². The van der Waals surface area contributed by atoms with E-state index in [0.717, 1.165) is 6.07 Å². The van der Waals surface area contributed by atoms with E-state index in [2.05, 4.69) is 10.2 Å². The van der Waals surface area contributed by atoms with Crippen molar-refractivity contribution in [2.24, 2.45) is 7.05 Å². The molecule has 1 heterocycles. The van der Waals surface area contributed by atoms with Crippen LogP contribution in [0.5, 0.6) is 0 Å². The Morgan fingerprint density at radius 1 is 1.35 bits per heavy atom. The van der Waals surface area contributed by atoms with E-state index >= 15 is 0 Å². The van der Waals surface area contributed by atoms with Gasteiger partial charge in [0.15, 0.2) is 9.84 Å². The summed E-state index contributed by atoms with van der Waals surface area (Å²) < 4.78 is 38.8. The summed E-state index contributed by atoms with van der Waals surface area (Å²) in [6.07, 6.45) is 1.40. The van der Waals surface area contributed by atoms with Crippen LogP contribution in [0, 0.1) is 5.82 Å². The van der Waals surface area contributed by atoms with Crippen LogP contribution < -0.4 is 0 Å². The van der Waals surface area contributed by atoms with Crippen LogP contribution in [0.3, 0.4) is 0 Å². The third kappa shape index (κ3) is 2.33. The van der Waals surface area contributed by atoms with Crippen LogP contribution >= 0.6 is 0 Å². The molecule has 0 unspecified atom stereocenters. The van der Waals surface area contributed by atoms with Crippen LogP contribution in [-0.4, -0.2) is 23.2 Å². The first-order valence-corrected chi connectivity index (χ1v) is 6.46. The van der Waals surface area contributed by atoms with E-state index in [1.165, 1.54) is 29.1 Å². The molecular weight excluding hydrogens is 245 g/mol. The lowest BCUT2D eigenvalue weighted by Crippen LogP contribution is -2.10. The first kappa shape index (κ1) is 11.7. The smallest absolute Gasteiger partial charge is 0.188 e. The number of nitrogens with zero attached hydrogens (tertiary/aromatic N) is 3. The zero-order chi connectivity index (χ0) is 12.5. The van der Waals surface area contributed by atoms with Crippen molar-refractivity contribution in [1.82, 2.24) is 14.8 Å². The minimum Gasteiger partial charge on any atom is -0.320 e. The average Bonchev–Trinajstić information content (AvgIpc) is 2.64. The Labute approximate surface area is 97.8 Å². The molecule has 0 fully saturated rings. The van der Waals surface area contributed by atoms with Crippen molar-refractivity contribution in [1.29, 1.82) is 0 Å². The van der Waals surface area contributed by atoms with E-state index < -0.39 is 15.7 Å². The highest BCUT2D eigenvalue weighted by molar-refractivity contribution is 7.90. The van der Waals surface area contributed by atoms with Gasteiger partial charge < -0.3 is 4.57 Å². The molecular formula is C10H10FN3O2S.